The van der Waals surface area contributed by atoms with E-state index in [0.717, 1.165) is 6.42 Å². The van der Waals surface area contributed by atoms with Gasteiger partial charge in [0, 0.05) is 10.5 Å². The monoisotopic (exact) mass is 321 g/mol. The molecule has 0 aliphatic heterocycles. The van der Waals surface area contributed by atoms with Crippen molar-refractivity contribution in [3.05, 3.63) is 28.2 Å². The van der Waals surface area contributed by atoms with Gasteiger partial charge in [-0.2, -0.15) is 0 Å². The number of hydrogen-bond donors (Lipinski definition) is 2. The summed E-state index contributed by atoms with van der Waals surface area (Å²) in [5.41, 5.74) is 0.666. The normalized spacial score (nSPS) is 13.6. The van der Waals surface area contributed by atoms with Crippen molar-refractivity contribution in [1.82, 2.24) is 4.72 Å². The standard InChI is InChI=1S/C11H16BrNO3S/c1-3-8(2)13-17(15,16)11-5-4-9(7-14)6-10(11)12/h4-6,8,13-14H,3,7H2,1-2H3. The highest BCUT2D eigenvalue weighted by atomic mass is 79.9. The Bertz CT molecular complexity index is 487. The lowest BCUT2D eigenvalue weighted by Crippen LogP contribution is -2.32. The number of nitrogens with one attached hydrogen (secondary N) is 1. The molecule has 4 nitrogen and oxygen atoms in total. The van der Waals surface area contributed by atoms with Crippen LogP contribution in [0.3, 0.4) is 0 Å². The Balaban J connectivity index is 3.07. The topological polar surface area (TPSA) is 66.4 Å². The summed E-state index contributed by atoms with van der Waals surface area (Å²) in [6, 6.07) is 4.57. The summed E-state index contributed by atoms with van der Waals surface area (Å²) >= 11 is 3.21. The van der Waals surface area contributed by atoms with Crippen LogP contribution in [0.4, 0.5) is 0 Å². The molecule has 0 saturated carbocycles. The van der Waals surface area contributed by atoms with E-state index >= 15 is 0 Å². The molecule has 0 bridgehead atoms. The Morgan fingerprint density at radius 3 is 2.59 bits per heavy atom. The van der Waals surface area contributed by atoms with Gasteiger partial charge in [-0.1, -0.05) is 13.0 Å². The average Bonchev–Trinajstić information content (AvgIpc) is 2.27. The minimum Gasteiger partial charge on any atom is -0.392 e. The number of aliphatic hydroxyl groups excluding tert-OH is 1. The molecule has 96 valence electrons. The smallest absolute Gasteiger partial charge is 0.241 e. The van der Waals surface area contributed by atoms with E-state index in [2.05, 4.69) is 20.7 Å². The third-order valence-electron chi connectivity index (χ3n) is 2.44. The molecular weight excluding hydrogens is 306 g/mol. The van der Waals surface area contributed by atoms with Crippen LogP contribution >= 0.6 is 15.9 Å². The van der Waals surface area contributed by atoms with Gasteiger partial charge < -0.3 is 5.11 Å². The summed E-state index contributed by atoms with van der Waals surface area (Å²) < 4.78 is 27.1. The van der Waals surface area contributed by atoms with E-state index < -0.39 is 10.0 Å². The Labute approximate surface area is 110 Å². The van der Waals surface area contributed by atoms with Gasteiger partial charge in [-0.05, 0) is 47.0 Å². The quantitative estimate of drug-likeness (QED) is 0.871. The molecule has 17 heavy (non-hydrogen) atoms. The van der Waals surface area contributed by atoms with Gasteiger partial charge in [0.05, 0.1) is 11.5 Å². The Morgan fingerprint density at radius 2 is 2.12 bits per heavy atom. The molecule has 0 aliphatic rings. The van der Waals surface area contributed by atoms with Gasteiger partial charge in [0.1, 0.15) is 0 Å². The first-order valence-corrected chi connectivity index (χ1v) is 7.60. The van der Waals surface area contributed by atoms with E-state index in [1.807, 2.05) is 13.8 Å². The van der Waals surface area contributed by atoms with E-state index in [4.69, 9.17) is 5.11 Å². The van der Waals surface area contributed by atoms with Crippen LogP contribution in [0.1, 0.15) is 25.8 Å². The first-order chi connectivity index (χ1) is 7.90. The second-order valence-electron chi connectivity index (χ2n) is 3.85. The summed E-state index contributed by atoms with van der Waals surface area (Å²) in [5.74, 6) is 0. The maximum absolute atomic E-state index is 12.0. The molecule has 0 aromatic heterocycles. The number of benzene rings is 1. The summed E-state index contributed by atoms with van der Waals surface area (Å²) in [7, 11) is -3.51. The summed E-state index contributed by atoms with van der Waals surface area (Å²) in [5, 5.41) is 8.95. The molecule has 1 atom stereocenters. The number of rotatable bonds is 5. The van der Waals surface area contributed by atoms with Gasteiger partial charge in [-0.15, -0.1) is 0 Å². The first kappa shape index (κ1) is 14.6. The van der Waals surface area contributed by atoms with Gasteiger partial charge in [-0.3, -0.25) is 0 Å². The second-order valence-corrected chi connectivity index (χ2v) is 6.39. The molecule has 1 rings (SSSR count). The van der Waals surface area contributed by atoms with Crippen molar-refractivity contribution in [3.63, 3.8) is 0 Å². The predicted octanol–water partition coefficient (Wildman–Crippen LogP) is 2.02. The van der Waals surface area contributed by atoms with Crippen molar-refractivity contribution in [2.45, 2.75) is 37.8 Å². The molecule has 0 heterocycles. The molecule has 0 aliphatic carbocycles. The molecular formula is C11H16BrNO3S. The molecule has 0 amide bonds. The second kappa shape index (κ2) is 5.95. The zero-order chi connectivity index (χ0) is 13.1. The van der Waals surface area contributed by atoms with E-state index in [-0.39, 0.29) is 17.5 Å². The zero-order valence-corrected chi connectivity index (χ0v) is 12.2. The van der Waals surface area contributed by atoms with Crippen LogP contribution in [0.15, 0.2) is 27.6 Å². The highest BCUT2D eigenvalue weighted by Crippen LogP contribution is 2.23. The summed E-state index contributed by atoms with van der Waals surface area (Å²) in [6.45, 7) is 3.61. The van der Waals surface area contributed by atoms with Crippen LogP contribution in [-0.2, 0) is 16.6 Å². The summed E-state index contributed by atoms with van der Waals surface area (Å²) in [4.78, 5) is 0.190. The van der Waals surface area contributed by atoms with E-state index in [0.29, 0.717) is 10.0 Å². The van der Waals surface area contributed by atoms with Crippen LogP contribution in [0.2, 0.25) is 0 Å². The minimum absolute atomic E-state index is 0.107. The van der Waals surface area contributed by atoms with Gasteiger partial charge >= 0.3 is 0 Å². The largest absolute Gasteiger partial charge is 0.392 e. The fraction of sp³-hybridized carbons (Fsp3) is 0.455. The zero-order valence-electron chi connectivity index (χ0n) is 9.77. The van der Waals surface area contributed by atoms with Crippen LogP contribution in [-0.4, -0.2) is 19.6 Å². The SMILES string of the molecule is CCC(C)NS(=O)(=O)c1ccc(CO)cc1Br. The Morgan fingerprint density at radius 1 is 1.47 bits per heavy atom. The summed E-state index contributed by atoms with van der Waals surface area (Å²) in [6.07, 6.45) is 0.728. The van der Waals surface area contributed by atoms with Gasteiger partial charge in [0.25, 0.3) is 0 Å². The van der Waals surface area contributed by atoms with Crippen molar-refractivity contribution >= 4 is 26.0 Å². The van der Waals surface area contributed by atoms with Crippen molar-refractivity contribution in [2.75, 3.05) is 0 Å². The molecule has 1 aromatic rings. The molecule has 0 spiro atoms. The fourth-order valence-electron chi connectivity index (χ4n) is 1.27. The third kappa shape index (κ3) is 3.77. The highest BCUT2D eigenvalue weighted by Gasteiger charge is 2.19. The molecule has 0 fully saturated rings. The molecule has 1 unspecified atom stereocenters. The lowest BCUT2D eigenvalue weighted by Gasteiger charge is -2.13. The van der Waals surface area contributed by atoms with Crippen LogP contribution in [0.25, 0.3) is 0 Å². The first-order valence-electron chi connectivity index (χ1n) is 5.32. The van der Waals surface area contributed by atoms with Crippen molar-refractivity contribution in [1.29, 1.82) is 0 Å². The molecule has 0 saturated heterocycles. The number of halogens is 1. The molecule has 1 aromatic carbocycles. The van der Waals surface area contributed by atoms with Crippen LogP contribution in [0, 0.1) is 0 Å². The average molecular weight is 322 g/mol. The number of hydrogen-bond acceptors (Lipinski definition) is 3. The number of aliphatic hydroxyl groups is 1. The van der Waals surface area contributed by atoms with Crippen molar-refractivity contribution < 1.29 is 13.5 Å². The number of sulfonamides is 1. The van der Waals surface area contributed by atoms with Gasteiger partial charge in [0.2, 0.25) is 10.0 Å². The molecule has 0 radical (unpaired) electrons. The lowest BCUT2D eigenvalue weighted by atomic mass is 10.2. The lowest BCUT2D eigenvalue weighted by molar-refractivity contribution is 0.281. The third-order valence-corrected chi connectivity index (χ3v) is 5.00. The Kier molecular flexibility index (Phi) is 5.12. The highest BCUT2D eigenvalue weighted by molar-refractivity contribution is 9.10. The van der Waals surface area contributed by atoms with E-state index in [9.17, 15) is 8.42 Å². The molecule has 2 N–H and O–H groups in total. The van der Waals surface area contributed by atoms with Crippen molar-refractivity contribution in [2.24, 2.45) is 0 Å². The van der Waals surface area contributed by atoms with Gasteiger partial charge in [-0.25, -0.2) is 13.1 Å². The predicted molar refractivity (Wildman–Crippen MR) is 70.1 cm³/mol. The fourth-order valence-corrected chi connectivity index (χ4v) is 3.72. The van der Waals surface area contributed by atoms with Crippen LogP contribution < -0.4 is 4.72 Å². The van der Waals surface area contributed by atoms with E-state index in [1.54, 1.807) is 12.1 Å². The van der Waals surface area contributed by atoms with E-state index in [1.165, 1.54) is 6.07 Å². The maximum atomic E-state index is 12.0. The van der Waals surface area contributed by atoms with Gasteiger partial charge in [0.15, 0.2) is 0 Å². The van der Waals surface area contributed by atoms with Crippen LogP contribution in [0.5, 0.6) is 0 Å². The minimum atomic E-state index is -3.51. The maximum Gasteiger partial charge on any atom is 0.241 e. The van der Waals surface area contributed by atoms with Crippen molar-refractivity contribution in [3.8, 4) is 0 Å². The molecule has 6 heteroatoms. The Hall–Kier alpha value is -0.430.